The highest BCUT2D eigenvalue weighted by atomic mass is 16.5. The topological polar surface area (TPSA) is 64.3 Å². The van der Waals surface area contributed by atoms with Gasteiger partial charge in [-0.15, -0.1) is 0 Å². The van der Waals surface area contributed by atoms with Gasteiger partial charge in [0.05, 0.1) is 11.7 Å². The number of aryl methyl sites for hydroxylation is 1. The summed E-state index contributed by atoms with van der Waals surface area (Å²) in [5, 5.41) is 14.4. The number of fused-ring (bicyclic) bond motifs is 1. The molecule has 1 N–H and O–H groups in total. The second kappa shape index (κ2) is 6.92. The number of aromatic nitrogens is 2. The van der Waals surface area contributed by atoms with Crippen LogP contribution in [0, 0.1) is 0 Å². The summed E-state index contributed by atoms with van der Waals surface area (Å²) in [6.07, 6.45) is 8.02. The van der Waals surface area contributed by atoms with Gasteiger partial charge in [0.2, 0.25) is 0 Å². The van der Waals surface area contributed by atoms with E-state index in [1.54, 1.807) is 0 Å². The summed E-state index contributed by atoms with van der Waals surface area (Å²) >= 11 is 0. The maximum atomic E-state index is 10.6. The first-order chi connectivity index (χ1) is 10.8. The fourth-order valence-corrected chi connectivity index (χ4v) is 3.09. The number of rotatable bonds is 6. The van der Waals surface area contributed by atoms with Gasteiger partial charge in [-0.1, -0.05) is 12.1 Å². The first-order valence-electron chi connectivity index (χ1n) is 8.04. The third-order valence-electron chi connectivity index (χ3n) is 4.25. The Bertz CT molecular complexity index is 644. The number of hydrogen-bond acceptors (Lipinski definition) is 3. The number of benzene rings is 1. The van der Waals surface area contributed by atoms with Crippen molar-refractivity contribution in [3.05, 3.63) is 30.0 Å². The number of unbranched alkanes of at least 4 members (excludes halogenated alkanes) is 1. The highest BCUT2D eigenvalue weighted by Crippen LogP contribution is 2.28. The van der Waals surface area contributed by atoms with Crippen LogP contribution in [0.25, 0.3) is 10.9 Å². The molecule has 0 aliphatic carbocycles. The first-order valence-corrected chi connectivity index (χ1v) is 8.04. The van der Waals surface area contributed by atoms with Crippen molar-refractivity contribution in [1.82, 2.24) is 9.78 Å². The quantitative estimate of drug-likeness (QED) is 0.829. The van der Waals surface area contributed by atoms with Crippen LogP contribution in [-0.2, 0) is 16.0 Å². The lowest BCUT2D eigenvalue weighted by atomic mass is 10.0. The molecule has 0 radical (unpaired) electrons. The molecule has 1 unspecified atom stereocenters. The van der Waals surface area contributed by atoms with Crippen molar-refractivity contribution in [3.63, 3.8) is 0 Å². The second-order valence-corrected chi connectivity index (χ2v) is 5.86. The van der Waals surface area contributed by atoms with E-state index in [2.05, 4.69) is 23.3 Å². The van der Waals surface area contributed by atoms with Gasteiger partial charge >= 0.3 is 5.97 Å². The summed E-state index contributed by atoms with van der Waals surface area (Å²) in [4.78, 5) is 10.6. The molecule has 1 fully saturated rings. The van der Waals surface area contributed by atoms with Crippen molar-refractivity contribution >= 4 is 16.9 Å². The molecule has 2 heterocycles. The zero-order valence-corrected chi connectivity index (χ0v) is 12.7. The normalized spacial score (nSPS) is 18.6. The summed E-state index contributed by atoms with van der Waals surface area (Å²) < 4.78 is 7.83. The van der Waals surface area contributed by atoms with Gasteiger partial charge in [-0.2, -0.15) is 5.10 Å². The van der Waals surface area contributed by atoms with E-state index in [0.29, 0.717) is 6.42 Å². The summed E-state index contributed by atoms with van der Waals surface area (Å²) in [5.74, 6) is -0.722. The van der Waals surface area contributed by atoms with E-state index >= 15 is 0 Å². The fraction of sp³-hybridized carbons (Fsp3) is 0.529. The largest absolute Gasteiger partial charge is 0.481 e. The van der Waals surface area contributed by atoms with Gasteiger partial charge in [0, 0.05) is 18.4 Å². The predicted octanol–water partition coefficient (Wildman–Crippen LogP) is 3.53. The third-order valence-corrected chi connectivity index (χ3v) is 4.25. The van der Waals surface area contributed by atoms with Crippen LogP contribution in [-0.4, -0.2) is 27.5 Å². The number of aliphatic carboxylic acids is 1. The Kier molecular flexibility index (Phi) is 4.73. The van der Waals surface area contributed by atoms with Crippen molar-refractivity contribution in [1.29, 1.82) is 0 Å². The number of hydrogen-bond donors (Lipinski definition) is 1. The average molecular weight is 302 g/mol. The highest BCUT2D eigenvalue weighted by Gasteiger charge is 2.19. The van der Waals surface area contributed by atoms with Crippen molar-refractivity contribution in [2.75, 3.05) is 6.61 Å². The Morgan fingerprint density at radius 3 is 3.05 bits per heavy atom. The molecule has 1 atom stereocenters. The molecule has 0 spiro atoms. The van der Waals surface area contributed by atoms with Gasteiger partial charge in [0.1, 0.15) is 0 Å². The molecular formula is C17H22N2O3. The minimum Gasteiger partial charge on any atom is -0.481 e. The Labute approximate surface area is 129 Å². The first kappa shape index (κ1) is 15.0. The van der Waals surface area contributed by atoms with Crippen LogP contribution in [0.2, 0.25) is 0 Å². The predicted molar refractivity (Wildman–Crippen MR) is 83.8 cm³/mol. The lowest BCUT2D eigenvalue weighted by Crippen LogP contribution is -2.18. The van der Waals surface area contributed by atoms with E-state index in [-0.39, 0.29) is 12.6 Å². The Morgan fingerprint density at radius 1 is 1.36 bits per heavy atom. The molecule has 0 saturated carbocycles. The van der Waals surface area contributed by atoms with Crippen molar-refractivity contribution in [2.24, 2.45) is 0 Å². The van der Waals surface area contributed by atoms with Crippen LogP contribution in [0.15, 0.2) is 24.4 Å². The van der Waals surface area contributed by atoms with Crippen LogP contribution in [0.4, 0.5) is 0 Å². The van der Waals surface area contributed by atoms with Gasteiger partial charge in [-0.05, 0) is 50.2 Å². The third kappa shape index (κ3) is 3.30. The monoisotopic (exact) mass is 302 g/mol. The summed E-state index contributed by atoms with van der Waals surface area (Å²) in [6, 6.07) is 6.24. The maximum absolute atomic E-state index is 10.6. The van der Waals surface area contributed by atoms with E-state index in [1.807, 2.05) is 10.9 Å². The molecule has 1 aliphatic heterocycles. The highest BCUT2D eigenvalue weighted by molar-refractivity contribution is 5.82. The van der Waals surface area contributed by atoms with Crippen LogP contribution >= 0.6 is 0 Å². The molecule has 1 saturated heterocycles. The van der Waals surface area contributed by atoms with E-state index in [9.17, 15) is 4.79 Å². The summed E-state index contributed by atoms with van der Waals surface area (Å²) in [7, 11) is 0. The minimum atomic E-state index is -0.722. The van der Waals surface area contributed by atoms with Crippen LogP contribution in [0.1, 0.15) is 50.3 Å². The van der Waals surface area contributed by atoms with E-state index in [0.717, 1.165) is 43.2 Å². The molecule has 5 heteroatoms. The van der Waals surface area contributed by atoms with E-state index in [4.69, 9.17) is 9.84 Å². The number of ether oxygens (including phenoxy) is 1. The molecule has 118 valence electrons. The zero-order valence-electron chi connectivity index (χ0n) is 12.7. The SMILES string of the molecule is O=C(O)CCCCc1cccc2c1cnn2C1CCCCO1. The Morgan fingerprint density at radius 2 is 2.27 bits per heavy atom. The van der Waals surface area contributed by atoms with E-state index < -0.39 is 5.97 Å². The van der Waals surface area contributed by atoms with Gasteiger partial charge in [-0.3, -0.25) is 4.79 Å². The van der Waals surface area contributed by atoms with Crippen LogP contribution in [0.5, 0.6) is 0 Å². The van der Waals surface area contributed by atoms with Crippen LogP contribution < -0.4 is 0 Å². The number of carbonyl (C=O) groups is 1. The molecule has 22 heavy (non-hydrogen) atoms. The lowest BCUT2D eigenvalue weighted by molar-refractivity contribution is -0.137. The molecule has 0 bridgehead atoms. The standard InChI is InChI=1S/C17H22N2O3/c20-17(21)10-2-1-6-13-7-5-8-15-14(13)12-18-19(15)16-9-3-4-11-22-16/h5,7-8,12,16H,1-4,6,9-11H2,(H,20,21). The fourth-order valence-electron chi connectivity index (χ4n) is 3.09. The van der Waals surface area contributed by atoms with Crippen molar-refractivity contribution in [3.8, 4) is 0 Å². The molecule has 5 nitrogen and oxygen atoms in total. The second-order valence-electron chi connectivity index (χ2n) is 5.86. The molecule has 1 aromatic heterocycles. The summed E-state index contributed by atoms with van der Waals surface area (Å²) in [5.41, 5.74) is 2.35. The molecule has 0 amide bonds. The minimum absolute atomic E-state index is 0.0495. The molecule has 3 rings (SSSR count). The summed E-state index contributed by atoms with van der Waals surface area (Å²) in [6.45, 7) is 0.806. The van der Waals surface area contributed by atoms with Gasteiger partial charge in [-0.25, -0.2) is 4.68 Å². The molecule has 1 aromatic carbocycles. The average Bonchev–Trinajstić information content (AvgIpc) is 2.97. The smallest absolute Gasteiger partial charge is 0.303 e. The van der Waals surface area contributed by atoms with Gasteiger partial charge in [0.15, 0.2) is 6.23 Å². The number of carboxylic acid groups (broad SMARTS) is 1. The Balaban J connectivity index is 1.75. The van der Waals surface area contributed by atoms with Crippen molar-refractivity contribution < 1.29 is 14.6 Å². The number of nitrogens with zero attached hydrogens (tertiary/aromatic N) is 2. The van der Waals surface area contributed by atoms with Gasteiger partial charge < -0.3 is 9.84 Å². The van der Waals surface area contributed by atoms with E-state index in [1.165, 1.54) is 12.0 Å². The maximum Gasteiger partial charge on any atom is 0.303 e. The van der Waals surface area contributed by atoms with Crippen LogP contribution in [0.3, 0.4) is 0 Å². The molecular weight excluding hydrogens is 280 g/mol. The zero-order chi connectivity index (χ0) is 15.4. The van der Waals surface area contributed by atoms with Gasteiger partial charge in [0.25, 0.3) is 0 Å². The molecule has 2 aromatic rings. The van der Waals surface area contributed by atoms with Crippen molar-refractivity contribution in [2.45, 2.75) is 51.2 Å². The number of carboxylic acids is 1. The lowest BCUT2D eigenvalue weighted by Gasteiger charge is -2.23. The molecule has 1 aliphatic rings. The Hall–Kier alpha value is -1.88.